The number of hydrogen-bond acceptors (Lipinski definition) is 6. The van der Waals surface area contributed by atoms with Crippen LogP contribution < -0.4 is 10.1 Å². The zero-order valence-corrected chi connectivity index (χ0v) is 19.0. The van der Waals surface area contributed by atoms with Gasteiger partial charge in [-0.1, -0.05) is 36.4 Å². The number of amides is 1. The Hall–Kier alpha value is -4.65. The van der Waals surface area contributed by atoms with Crippen LogP contribution in [0.4, 0.5) is 0 Å². The van der Waals surface area contributed by atoms with E-state index in [1.807, 2.05) is 60.7 Å². The van der Waals surface area contributed by atoms with E-state index in [1.165, 1.54) is 6.26 Å². The fourth-order valence-electron chi connectivity index (χ4n) is 3.86. The van der Waals surface area contributed by atoms with Gasteiger partial charge in [-0.15, -0.1) is 0 Å². The second-order valence-corrected chi connectivity index (χ2v) is 7.93. The summed E-state index contributed by atoms with van der Waals surface area (Å²) in [6.45, 7) is -0.178. The summed E-state index contributed by atoms with van der Waals surface area (Å²) < 4.78 is 15.8. The van der Waals surface area contributed by atoms with E-state index in [0.717, 1.165) is 22.1 Å². The van der Waals surface area contributed by atoms with Crippen molar-refractivity contribution in [3.8, 4) is 17.0 Å². The molecule has 0 saturated heterocycles. The lowest BCUT2D eigenvalue weighted by molar-refractivity contribution is -0.124. The van der Waals surface area contributed by atoms with Crippen molar-refractivity contribution >= 4 is 33.6 Å². The smallest absolute Gasteiger partial charge is 0.339 e. The van der Waals surface area contributed by atoms with E-state index in [2.05, 4.69) is 5.32 Å². The third kappa shape index (κ3) is 4.84. The second kappa shape index (κ2) is 9.69. The summed E-state index contributed by atoms with van der Waals surface area (Å²) in [5.74, 6) is 0.386. The number of methoxy groups -OCH3 is 1. The number of esters is 1. The molecule has 7 heteroatoms. The summed E-state index contributed by atoms with van der Waals surface area (Å²) in [6, 6.07) is 24.4. The molecule has 0 unspecified atom stereocenters. The molecule has 5 aromatic rings. The van der Waals surface area contributed by atoms with Crippen LogP contribution in [-0.4, -0.2) is 30.6 Å². The van der Waals surface area contributed by atoms with Crippen LogP contribution in [0.25, 0.3) is 32.9 Å². The van der Waals surface area contributed by atoms with E-state index in [9.17, 15) is 9.59 Å². The lowest BCUT2D eigenvalue weighted by Crippen LogP contribution is -2.28. The van der Waals surface area contributed by atoms with Crippen molar-refractivity contribution < 1.29 is 23.5 Å². The number of rotatable bonds is 7. The maximum Gasteiger partial charge on any atom is 0.339 e. The lowest BCUT2D eigenvalue weighted by Gasteiger charge is -2.11. The van der Waals surface area contributed by atoms with E-state index in [-0.39, 0.29) is 6.54 Å². The Bertz CT molecular complexity index is 1530. The number of ether oxygens (including phenoxy) is 2. The van der Waals surface area contributed by atoms with Crippen LogP contribution in [0.3, 0.4) is 0 Å². The highest BCUT2D eigenvalue weighted by Gasteiger charge is 2.17. The molecule has 5 rings (SSSR count). The van der Waals surface area contributed by atoms with Crippen molar-refractivity contribution in [1.29, 1.82) is 0 Å². The van der Waals surface area contributed by atoms with Crippen LogP contribution in [0, 0.1) is 0 Å². The van der Waals surface area contributed by atoms with E-state index < -0.39 is 18.5 Å². The molecule has 1 N–H and O–H groups in total. The monoisotopic (exact) mass is 466 g/mol. The molecule has 0 saturated carbocycles. The third-order valence-electron chi connectivity index (χ3n) is 5.65. The highest BCUT2D eigenvalue weighted by Crippen LogP contribution is 2.29. The molecule has 0 spiro atoms. The fraction of sp³-hybridized carbons (Fsp3) is 0.107. The van der Waals surface area contributed by atoms with Crippen molar-refractivity contribution in [2.24, 2.45) is 0 Å². The highest BCUT2D eigenvalue weighted by atomic mass is 16.5. The van der Waals surface area contributed by atoms with Crippen LogP contribution >= 0.6 is 0 Å². The van der Waals surface area contributed by atoms with Gasteiger partial charge in [0.15, 0.2) is 6.61 Å². The first-order valence-electron chi connectivity index (χ1n) is 11.0. The minimum atomic E-state index is -0.594. The van der Waals surface area contributed by atoms with Gasteiger partial charge < -0.3 is 19.2 Å². The Labute approximate surface area is 201 Å². The Balaban J connectivity index is 1.40. The lowest BCUT2D eigenvalue weighted by atomic mass is 10.0. The molecule has 0 aliphatic carbocycles. The van der Waals surface area contributed by atoms with Crippen molar-refractivity contribution in [2.45, 2.75) is 6.54 Å². The Morgan fingerprint density at radius 1 is 0.943 bits per heavy atom. The molecule has 0 fully saturated rings. The molecule has 0 aliphatic rings. The van der Waals surface area contributed by atoms with Gasteiger partial charge in [0, 0.05) is 10.9 Å². The number of furan rings is 1. The number of aromatic nitrogens is 1. The summed E-state index contributed by atoms with van der Waals surface area (Å²) in [5.41, 5.74) is 2.50. The molecule has 1 amide bonds. The molecule has 0 aliphatic heterocycles. The topological polar surface area (TPSA) is 90.7 Å². The van der Waals surface area contributed by atoms with Gasteiger partial charge in [-0.3, -0.25) is 4.79 Å². The fourth-order valence-corrected chi connectivity index (χ4v) is 3.86. The average molecular weight is 466 g/mol. The molecular formula is C28H22N2O5. The number of fused-ring (bicyclic) bond motifs is 2. The number of para-hydroxylation sites is 1. The van der Waals surface area contributed by atoms with E-state index in [0.29, 0.717) is 27.9 Å². The Morgan fingerprint density at radius 3 is 2.60 bits per heavy atom. The predicted molar refractivity (Wildman–Crippen MR) is 132 cm³/mol. The quantitative estimate of drug-likeness (QED) is 0.335. The van der Waals surface area contributed by atoms with Gasteiger partial charge in [-0.2, -0.15) is 0 Å². The van der Waals surface area contributed by atoms with E-state index in [1.54, 1.807) is 25.3 Å². The van der Waals surface area contributed by atoms with Crippen LogP contribution in [-0.2, 0) is 16.1 Å². The SMILES string of the molecule is COc1ccc2cc(-c3cc(C(=O)OCC(=O)NCc4ccco4)c4ccccc4n3)ccc2c1. The molecule has 3 aromatic carbocycles. The van der Waals surface area contributed by atoms with Crippen LogP contribution in [0.2, 0.25) is 0 Å². The minimum Gasteiger partial charge on any atom is -0.497 e. The van der Waals surface area contributed by atoms with Crippen molar-refractivity contribution in [1.82, 2.24) is 10.3 Å². The predicted octanol–water partition coefficient (Wildman–Crippen LogP) is 5.13. The Morgan fingerprint density at radius 2 is 1.77 bits per heavy atom. The van der Waals surface area contributed by atoms with Crippen molar-refractivity contribution in [3.63, 3.8) is 0 Å². The van der Waals surface area contributed by atoms with Crippen LogP contribution in [0.1, 0.15) is 16.1 Å². The van der Waals surface area contributed by atoms with Gasteiger partial charge in [-0.05, 0) is 53.2 Å². The highest BCUT2D eigenvalue weighted by molar-refractivity contribution is 6.05. The maximum absolute atomic E-state index is 13.0. The molecule has 0 bridgehead atoms. The average Bonchev–Trinajstić information content (AvgIpc) is 3.43. The zero-order chi connectivity index (χ0) is 24.2. The summed E-state index contributed by atoms with van der Waals surface area (Å²) >= 11 is 0. The Kier molecular flexibility index (Phi) is 6.13. The van der Waals surface area contributed by atoms with Gasteiger partial charge in [0.1, 0.15) is 11.5 Å². The number of hydrogen-bond donors (Lipinski definition) is 1. The summed E-state index contributed by atoms with van der Waals surface area (Å²) in [6.07, 6.45) is 1.53. The molecule has 0 radical (unpaired) electrons. The molecule has 0 atom stereocenters. The van der Waals surface area contributed by atoms with Crippen LogP contribution in [0.15, 0.2) is 89.5 Å². The summed E-state index contributed by atoms with van der Waals surface area (Å²) in [4.78, 5) is 29.9. The number of benzene rings is 3. The first kappa shape index (κ1) is 22.2. The number of nitrogens with one attached hydrogen (secondary N) is 1. The largest absolute Gasteiger partial charge is 0.497 e. The number of pyridine rings is 1. The first-order chi connectivity index (χ1) is 17.1. The van der Waals surface area contributed by atoms with Gasteiger partial charge in [0.25, 0.3) is 5.91 Å². The maximum atomic E-state index is 13.0. The molecule has 174 valence electrons. The van der Waals surface area contributed by atoms with Gasteiger partial charge in [0.2, 0.25) is 0 Å². The second-order valence-electron chi connectivity index (χ2n) is 7.93. The number of carbonyl (C=O) groups is 2. The third-order valence-corrected chi connectivity index (χ3v) is 5.65. The van der Waals surface area contributed by atoms with E-state index >= 15 is 0 Å². The number of nitrogens with zero attached hydrogens (tertiary/aromatic N) is 1. The normalized spacial score (nSPS) is 10.9. The van der Waals surface area contributed by atoms with Crippen molar-refractivity contribution in [3.05, 3.63) is 96.4 Å². The minimum absolute atomic E-state index is 0.222. The number of carbonyl (C=O) groups excluding carboxylic acids is 2. The van der Waals surface area contributed by atoms with E-state index in [4.69, 9.17) is 18.9 Å². The van der Waals surface area contributed by atoms with Crippen LogP contribution in [0.5, 0.6) is 5.75 Å². The van der Waals surface area contributed by atoms with Gasteiger partial charge in [-0.25, -0.2) is 9.78 Å². The van der Waals surface area contributed by atoms with Gasteiger partial charge >= 0.3 is 5.97 Å². The molecule has 2 heterocycles. The summed E-state index contributed by atoms with van der Waals surface area (Å²) in [5, 5.41) is 5.38. The molecule has 2 aromatic heterocycles. The van der Waals surface area contributed by atoms with Crippen molar-refractivity contribution in [2.75, 3.05) is 13.7 Å². The molecule has 7 nitrogen and oxygen atoms in total. The molecular weight excluding hydrogens is 444 g/mol. The standard InChI is InChI=1S/C28H22N2O5/c1-33-21-11-10-18-13-20(9-8-19(18)14-21)26-15-24(23-6-2-3-7-25(23)30-26)28(32)35-17-27(31)29-16-22-5-4-12-34-22/h2-15H,16-17H2,1H3,(H,29,31). The zero-order valence-electron chi connectivity index (χ0n) is 19.0. The molecule has 35 heavy (non-hydrogen) atoms. The van der Waals surface area contributed by atoms with Gasteiger partial charge in [0.05, 0.1) is 36.7 Å². The first-order valence-corrected chi connectivity index (χ1v) is 11.0. The summed E-state index contributed by atoms with van der Waals surface area (Å²) in [7, 11) is 1.64.